The van der Waals surface area contributed by atoms with Gasteiger partial charge in [-0.25, -0.2) is 5.43 Å². The van der Waals surface area contributed by atoms with Crippen molar-refractivity contribution in [2.75, 3.05) is 13.6 Å². The molecule has 126 valence electrons. The van der Waals surface area contributed by atoms with E-state index in [4.69, 9.17) is 0 Å². The number of hydrogen-bond donors (Lipinski definition) is 2. The van der Waals surface area contributed by atoms with Crippen molar-refractivity contribution >= 4 is 5.91 Å². The third-order valence-electron chi connectivity index (χ3n) is 4.73. The second kappa shape index (κ2) is 7.55. The minimum atomic E-state index is -0.122. The van der Waals surface area contributed by atoms with Crippen LogP contribution in [0.15, 0.2) is 54.9 Å². The van der Waals surface area contributed by atoms with Gasteiger partial charge in [-0.3, -0.25) is 15.2 Å². The molecule has 3 rings (SSSR count). The lowest BCUT2D eigenvalue weighted by Crippen LogP contribution is -2.38. The highest BCUT2D eigenvalue weighted by Crippen LogP contribution is 2.30. The van der Waals surface area contributed by atoms with Crippen molar-refractivity contribution in [1.82, 2.24) is 20.7 Å². The smallest absolute Gasteiger partial charge is 0.229 e. The monoisotopic (exact) mass is 324 g/mol. The first-order chi connectivity index (χ1) is 11.7. The van der Waals surface area contributed by atoms with Crippen LogP contribution in [0.1, 0.15) is 36.6 Å². The summed E-state index contributed by atoms with van der Waals surface area (Å²) in [7, 11) is 1.89. The predicted octanol–water partition coefficient (Wildman–Crippen LogP) is 2.46. The van der Waals surface area contributed by atoms with Gasteiger partial charge in [-0.05, 0) is 23.6 Å². The van der Waals surface area contributed by atoms with Crippen molar-refractivity contribution in [3.8, 4) is 0 Å². The number of hydrazine groups is 1. The maximum Gasteiger partial charge on any atom is 0.229 e. The Kier molecular flexibility index (Phi) is 5.23. The highest BCUT2D eigenvalue weighted by Gasteiger charge is 2.37. The molecule has 1 fully saturated rings. The molecule has 24 heavy (non-hydrogen) atoms. The van der Waals surface area contributed by atoms with Crippen molar-refractivity contribution in [1.29, 1.82) is 0 Å². The molecule has 1 aromatic carbocycles. The van der Waals surface area contributed by atoms with Crippen LogP contribution in [0, 0.1) is 5.92 Å². The Hall–Kier alpha value is -2.24. The summed E-state index contributed by atoms with van der Waals surface area (Å²) in [6.45, 7) is 2.73. The first-order valence-electron chi connectivity index (χ1n) is 8.42. The molecule has 0 radical (unpaired) electrons. The van der Waals surface area contributed by atoms with Gasteiger partial charge in [0.15, 0.2) is 0 Å². The second-order valence-electron chi connectivity index (χ2n) is 6.18. The molecule has 2 N–H and O–H groups in total. The number of carbonyl (C=O) groups excluding carboxylic acids is 1. The zero-order valence-electron chi connectivity index (χ0n) is 14.1. The lowest BCUT2D eigenvalue weighted by atomic mass is 9.92. The molecule has 1 aliphatic rings. The molecule has 5 nitrogen and oxygen atoms in total. The molecule has 1 aromatic heterocycles. The van der Waals surface area contributed by atoms with Gasteiger partial charge in [-0.15, -0.1) is 0 Å². The number of hydrogen-bond acceptors (Lipinski definition) is 4. The summed E-state index contributed by atoms with van der Waals surface area (Å²) in [4.78, 5) is 19.2. The van der Waals surface area contributed by atoms with Crippen LogP contribution in [-0.4, -0.2) is 29.4 Å². The lowest BCUT2D eigenvalue weighted by Gasteiger charge is -2.31. The SMILES string of the molecule is CCC(c1cccnc1)N(C)C(=O)C1CNNC1c1ccccc1. The Bertz CT molecular complexity index is 662. The quantitative estimate of drug-likeness (QED) is 0.887. The zero-order valence-corrected chi connectivity index (χ0v) is 14.1. The Labute approximate surface area is 143 Å². The Morgan fingerprint density at radius 2 is 2.08 bits per heavy atom. The van der Waals surface area contributed by atoms with Crippen LogP contribution in [0.2, 0.25) is 0 Å². The minimum absolute atomic E-state index is 0.00689. The van der Waals surface area contributed by atoms with Crippen molar-refractivity contribution in [2.45, 2.75) is 25.4 Å². The summed E-state index contributed by atoms with van der Waals surface area (Å²) in [5.74, 6) is 0.0279. The highest BCUT2D eigenvalue weighted by atomic mass is 16.2. The van der Waals surface area contributed by atoms with Crippen LogP contribution < -0.4 is 10.9 Å². The van der Waals surface area contributed by atoms with E-state index in [1.807, 2.05) is 48.5 Å². The average molecular weight is 324 g/mol. The van der Waals surface area contributed by atoms with Crippen LogP contribution >= 0.6 is 0 Å². The fraction of sp³-hybridized carbons (Fsp3) is 0.368. The molecule has 1 amide bonds. The molecule has 2 aromatic rings. The summed E-state index contributed by atoms with van der Waals surface area (Å²) in [6.07, 6.45) is 4.46. The second-order valence-corrected chi connectivity index (χ2v) is 6.18. The Morgan fingerprint density at radius 3 is 2.75 bits per heavy atom. The fourth-order valence-corrected chi connectivity index (χ4v) is 3.42. The van der Waals surface area contributed by atoms with E-state index in [0.29, 0.717) is 6.54 Å². The van der Waals surface area contributed by atoms with Gasteiger partial charge in [0.1, 0.15) is 0 Å². The van der Waals surface area contributed by atoms with Crippen LogP contribution in [-0.2, 0) is 4.79 Å². The molecule has 0 spiro atoms. The molecule has 0 saturated carbocycles. The Morgan fingerprint density at radius 1 is 1.29 bits per heavy atom. The largest absolute Gasteiger partial charge is 0.338 e. The molecule has 3 atom stereocenters. The molecule has 5 heteroatoms. The standard InChI is InChI=1S/C19H24N4O/c1-3-17(15-10-7-11-20-12-15)23(2)19(24)16-13-21-22-18(16)14-8-5-4-6-9-14/h4-12,16-18,21-22H,3,13H2,1-2H3. The zero-order chi connectivity index (χ0) is 16.9. The molecule has 0 aliphatic carbocycles. The van der Waals surface area contributed by atoms with Gasteiger partial charge >= 0.3 is 0 Å². The van der Waals surface area contributed by atoms with Crippen molar-refractivity contribution in [3.63, 3.8) is 0 Å². The summed E-state index contributed by atoms with van der Waals surface area (Å²) < 4.78 is 0. The van der Waals surface area contributed by atoms with Crippen LogP contribution in [0.3, 0.4) is 0 Å². The maximum atomic E-state index is 13.1. The number of amides is 1. The molecular weight excluding hydrogens is 300 g/mol. The van der Waals surface area contributed by atoms with Gasteiger partial charge in [-0.1, -0.05) is 43.3 Å². The van der Waals surface area contributed by atoms with E-state index in [1.165, 1.54) is 0 Å². The van der Waals surface area contributed by atoms with E-state index < -0.39 is 0 Å². The number of aromatic nitrogens is 1. The minimum Gasteiger partial charge on any atom is -0.338 e. The number of benzene rings is 1. The summed E-state index contributed by atoms with van der Waals surface area (Å²) in [5, 5.41) is 0. The summed E-state index contributed by atoms with van der Waals surface area (Å²) in [5.41, 5.74) is 8.59. The van der Waals surface area contributed by atoms with Crippen LogP contribution in [0.4, 0.5) is 0 Å². The van der Waals surface area contributed by atoms with Gasteiger partial charge in [0.25, 0.3) is 0 Å². The fourth-order valence-electron chi connectivity index (χ4n) is 3.42. The third-order valence-corrected chi connectivity index (χ3v) is 4.73. The van der Waals surface area contributed by atoms with Crippen LogP contribution in [0.25, 0.3) is 0 Å². The lowest BCUT2D eigenvalue weighted by molar-refractivity contribution is -0.136. The third kappa shape index (κ3) is 3.32. The molecular formula is C19H24N4O. The number of carbonyl (C=O) groups is 1. The van der Waals surface area contributed by atoms with E-state index in [-0.39, 0.29) is 23.9 Å². The predicted molar refractivity (Wildman–Crippen MR) is 93.9 cm³/mol. The topological polar surface area (TPSA) is 57.3 Å². The van der Waals surface area contributed by atoms with Crippen molar-refractivity contribution < 1.29 is 4.79 Å². The first-order valence-corrected chi connectivity index (χ1v) is 8.42. The van der Waals surface area contributed by atoms with E-state index >= 15 is 0 Å². The van der Waals surface area contributed by atoms with Gasteiger partial charge in [0.05, 0.1) is 18.0 Å². The first kappa shape index (κ1) is 16.6. The van der Waals surface area contributed by atoms with E-state index in [1.54, 1.807) is 6.20 Å². The van der Waals surface area contributed by atoms with Crippen molar-refractivity contribution in [2.24, 2.45) is 5.92 Å². The normalized spacial score (nSPS) is 21.4. The average Bonchev–Trinajstić information content (AvgIpc) is 3.13. The molecule has 1 aliphatic heterocycles. The number of pyridine rings is 1. The molecule has 2 heterocycles. The molecule has 0 bridgehead atoms. The van der Waals surface area contributed by atoms with E-state index in [9.17, 15) is 4.79 Å². The van der Waals surface area contributed by atoms with E-state index in [0.717, 1.165) is 17.5 Å². The summed E-state index contributed by atoms with van der Waals surface area (Å²) in [6, 6.07) is 14.1. The number of rotatable bonds is 5. The van der Waals surface area contributed by atoms with Gasteiger partial charge < -0.3 is 4.90 Å². The highest BCUT2D eigenvalue weighted by molar-refractivity contribution is 5.80. The number of nitrogens with one attached hydrogen (secondary N) is 2. The Balaban J connectivity index is 1.79. The van der Waals surface area contributed by atoms with Gasteiger partial charge in [0.2, 0.25) is 5.91 Å². The number of nitrogens with zero attached hydrogens (tertiary/aromatic N) is 2. The van der Waals surface area contributed by atoms with Crippen molar-refractivity contribution in [3.05, 3.63) is 66.0 Å². The molecule has 3 unspecified atom stereocenters. The maximum absolute atomic E-state index is 13.1. The van der Waals surface area contributed by atoms with Gasteiger partial charge in [-0.2, -0.15) is 0 Å². The van der Waals surface area contributed by atoms with Crippen LogP contribution in [0.5, 0.6) is 0 Å². The van der Waals surface area contributed by atoms with Gasteiger partial charge in [0, 0.05) is 26.0 Å². The summed E-state index contributed by atoms with van der Waals surface area (Å²) >= 11 is 0. The molecule has 1 saturated heterocycles. The van der Waals surface area contributed by atoms with E-state index in [2.05, 4.69) is 34.9 Å².